The Hall–Kier alpha value is -1.99. The number of rotatable bonds is 4. The Morgan fingerprint density at radius 3 is 2.83 bits per heavy atom. The van der Waals surface area contributed by atoms with Crippen molar-refractivity contribution >= 4 is 35.3 Å². The number of hydrogen-bond acceptors (Lipinski definition) is 4. The van der Waals surface area contributed by atoms with Crippen LogP contribution < -0.4 is 10.6 Å². The second-order valence-corrected chi connectivity index (χ2v) is 6.51. The highest BCUT2D eigenvalue weighted by atomic mass is 35.5. The number of nitrogens with one attached hydrogen (secondary N) is 2. The SMILES string of the molecule is CNC(=O)NC(=O)[C@H](C)Sc1nccn1-c1cccc(Cl)c1C. The van der Waals surface area contributed by atoms with Crippen LogP contribution in [-0.2, 0) is 4.79 Å². The third kappa shape index (κ3) is 4.05. The molecule has 1 aromatic carbocycles. The molecular formula is C15H17ClN4O2S. The number of amides is 3. The van der Waals surface area contributed by atoms with Gasteiger partial charge in [-0.2, -0.15) is 0 Å². The number of thioether (sulfide) groups is 1. The van der Waals surface area contributed by atoms with Crippen molar-refractivity contribution in [2.75, 3.05) is 7.05 Å². The van der Waals surface area contributed by atoms with Crippen molar-refractivity contribution < 1.29 is 9.59 Å². The maximum Gasteiger partial charge on any atom is 0.321 e. The van der Waals surface area contributed by atoms with Crippen LogP contribution in [0.5, 0.6) is 0 Å². The van der Waals surface area contributed by atoms with Gasteiger partial charge >= 0.3 is 6.03 Å². The molecule has 0 bridgehead atoms. The van der Waals surface area contributed by atoms with Crippen molar-refractivity contribution in [1.29, 1.82) is 0 Å². The van der Waals surface area contributed by atoms with Gasteiger partial charge in [-0.25, -0.2) is 9.78 Å². The van der Waals surface area contributed by atoms with E-state index in [4.69, 9.17) is 11.6 Å². The first-order chi connectivity index (χ1) is 10.9. The van der Waals surface area contributed by atoms with Gasteiger partial charge in [0.1, 0.15) is 0 Å². The number of aromatic nitrogens is 2. The molecule has 0 fully saturated rings. The molecule has 6 nitrogen and oxygen atoms in total. The minimum absolute atomic E-state index is 0.383. The molecule has 0 aliphatic carbocycles. The summed E-state index contributed by atoms with van der Waals surface area (Å²) in [6.07, 6.45) is 3.47. The minimum Gasteiger partial charge on any atom is -0.341 e. The number of imide groups is 1. The largest absolute Gasteiger partial charge is 0.341 e. The van der Waals surface area contributed by atoms with Crippen LogP contribution in [0.3, 0.4) is 0 Å². The summed E-state index contributed by atoms with van der Waals surface area (Å²) in [5.41, 5.74) is 1.83. The van der Waals surface area contributed by atoms with Gasteiger partial charge in [-0.05, 0) is 31.5 Å². The molecule has 23 heavy (non-hydrogen) atoms. The topological polar surface area (TPSA) is 76.0 Å². The van der Waals surface area contributed by atoms with Gasteiger partial charge in [0, 0.05) is 24.5 Å². The molecular weight excluding hydrogens is 336 g/mol. The summed E-state index contributed by atoms with van der Waals surface area (Å²) in [7, 11) is 1.45. The number of halogens is 1. The van der Waals surface area contributed by atoms with Crippen LogP contribution in [0.4, 0.5) is 4.79 Å². The summed E-state index contributed by atoms with van der Waals surface area (Å²) >= 11 is 7.43. The average Bonchev–Trinajstić information content (AvgIpc) is 2.97. The molecule has 122 valence electrons. The zero-order chi connectivity index (χ0) is 17.0. The molecule has 2 aromatic rings. The molecule has 0 aliphatic heterocycles. The van der Waals surface area contributed by atoms with Crippen LogP contribution >= 0.6 is 23.4 Å². The van der Waals surface area contributed by atoms with Gasteiger partial charge in [0.15, 0.2) is 5.16 Å². The Labute approximate surface area is 143 Å². The van der Waals surface area contributed by atoms with Crippen LogP contribution in [0.2, 0.25) is 5.02 Å². The summed E-state index contributed by atoms with van der Waals surface area (Å²) in [6, 6.07) is 5.09. The zero-order valence-corrected chi connectivity index (χ0v) is 14.5. The maximum absolute atomic E-state index is 12.0. The van der Waals surface area contributed by atoms with E-state index >= 15 is 0 Å². The molecule has 2 rings (SSSR count). The maximum atomic E-state index is 12.0. The predicted molar refractivity (Wildman–Crippen MR) is 91.2 cm³/mol. The summed E-state index contributed by atoms with van der Waals surface area (Å²) < 4.78 is 1.87. The molecule has 1 atom stereocenters. The minimum atomic E-state index is -0.531. The van der Waals surface area contributed by atoms with E-state index in [0.29, 0.717) is 10.2 Å². The zero-order valence-electron chi connectivity index (χ0n) is 13.0. The number of benzene rings is 1. The predicted octanol–water partition coefficient (Wildman–Crippen LogP) is 2.77. The first kappa shape index (κ1) is 17.4. The summed E-state index contributed by atoms with van der Waals surface area (Å²) in [5.74, 6) is -0.383. The lowest BCUT2D eigenvalue weighted by atomic mass is 10.2. The fourth-order valence-corrected chi connectivity index (χ4v) is 2.95. The molecule has 1 aromatic heterocycles. The number of carbonyl (C=O) groups excluding carboxylic acids is 2. The van der Waals surface area contributed by atoms with Gasteiger partial charge < -0.3 is 5.32 Å². The summed E-state index contributed by atoms with van der Waals surface area (Å²) in [4.78, 5) is 27.5. The smallest absolute Gasteiger partial charge is 0.321 e. The van der Waals surface area contributed by atoms with Gasteiger partial charge in [0.05, 0.1) is 10.9 Å². The third-order valence-electron chi connectivity index (χ3n) is 3.22. The second-order valence-electron chi connectivity index (χ2n) is 4.79. The van der Waals surface area contributed by atoms with Crippen molar-refractivity contribution in [2.24, 2.45) is 0 Å². The summed E-state index contributed by atoms with van der Waals surface area (Å²) in [6.45, 7) is 3.64. The average molecular weight is 353 g/mol. The molecule has 0 aliphatic rings. The van der Waals surface area contributed by atoms with Crippen LogP contribution in [0.15, 0.2) is 35.7 Å². The quantitative estimate of drug-likeness (QED) is 0.829. The Kier molecular flexibility index (Phi) is 5.68. The van der Waals surface area contributed by atoms with Crippen LogP contribution in [0.25, 0.3) is 5.69 Å². The first-order valence-corrected chi connectivity index (χ1v) is 8.18. The Morgan fingerprint density at radius 2 is 2.13 bits per heavy atom. The number of nitrogens with zero attached hydrogens (tertiary/aromatic N) is 2. The number of imidazole rings is 1. The van der Waals surface area contributed by atoms with Gasteiger partial charge in [-0.15, -0.1) is 0 Å². The highest BCUT2D eigenvalue weighted by Gasteiger charge is 2.19. The van der Waals surface area contributed by atoms with E-state index in [1.165, 1.54) is 18.8 Å². The van der Waals surface area contributed by atoms with E-state index in [2.05, 4.69) is 15.6 Å². The van der Waals surface area contributed by atoms with Crippen molar-refractivity contribution in [1.82, 2.24) is 20.2 Å². The molecule has 0 radical (unpaired) electrons. The van der Waals surface area contributed by atoms with E-state index in [9.17, 15) is 9.59 Å². The van der Waals surface area contributed by atoms with Crippen LogP contribution in [0, 0.1) is 6.92 Å². The summed E-state index contributed by atoms with van der Waals surface area (Å²) in [5, 5.41) is 5.43. The Bertz CT molecular complexity index is 732. The highest BCUT2D eigenvalue weighted by molar-refractivity contribution is 8.00. The lowest BCUT2D eigenvalue weighted by molar-refractivity contribution is -0.119. The van der Waals surface area contributed by atoms with E-state index in [-0.39, 0.29) is 5.91 Å². The van der Waals surface area contributed by atoms with Gasteiger partial charge in [-0.1, -0.05) is 29.4 Å². The molecule has 2 N–H and O–H groups in total. The fraction of sp³-hybridized carbons (Fsp3) is 0.267. The van der Waals surface area contributed by atoms with Gasteiger partial charge in [0.2, 0.25) is 5.91 Å². The van der Waals surface area contributed by atoms with E-state index in [1.807, 2.05) is 35.9 Å². The molecule has 0 unspecified atom stereocenters. The number of urea groups is 1. The Balaban J connectivity index is 2.20. The lowest BCUT2D eigenvalue weighted by Gasteiger charge is -2.14. The van der Waals surface area contributed by atoms with Crippen molar-refractivity contribution in [3.05, 3.63) is 41.2 Å². The van der Waals surface area contributed by atoms with E-state index in [0.717, 1.165) is 11.3 Å². The normalized spacial score (nSPS) is 11.8. The fourth-order valence-electron chi connectivity index (χ4n) is 1.91. The molecule has 0 saturated heterocycles. The molecule has 8 heteroatoms. The van der Waals surface area contributed by atoms with Gasteiger partial charge in [0.25, 0.3) is 0 Å². The van der Waals surface area contributed by atoms with Crippen LogP contribution in [-0.4, -0.2) is 33.8 Å². The molecule has 3 amide bonds. The Morgan fingerprint density at radius 1 is 1.39 bits per heavy atom. The van der Waals surface area contributed by atoms with Crippen molar-refractivity contribution in [2.45, 2.75) is 24.3 Å². The second kappa shape index (κ2) is 7.52. The van der Waals surface area contributed by atoms with Crippen LogP contribution in [0.1, 0.15) is 12.5 Å². The molecule has 0 saturated carbocycles. The molecule has 0 spiro atoms. The van der Waals surface area contributed by atoms with Gasteiger partial charge in [-0.3, -0.25) is 14.7 Å². The number of carbonyl (C=O) groups is 2. The van der Waals surface area contributed by atoms with E-state index in [1.54, 1.807) is 13.1 Å². The number of hydrogen-bond donors (Lipinski definition) is 2. The monoisotopic (exact) mass is 352 g/mol. The highest BCUT2D eigenvalue weighted by Crippen LogP contribution is 2.28. The first-order valence-electron chi connectivity index (χ1n) is 6.92. The van der Waals surface area contributed by atoms with Crippen molar-refractivity contribution in [3.8, 4) is 5.69 Å². The van der Waals surface area contributed by atoms with E-state index < -0.39 is 11.3 Å². The van der Waals surface area contributed by atoms with Crippen molar-refractivity contribution in [3.63, 3.8) is 0 Å². The lowest BCUT2D eigenvalue weighted by Crippen LogP contribution is -2.41. The third-order valence-corrected chi connectivity index (χ3v) is 4.71. The molecule has 1 heterocycles. The standard InChI is InChI=1S/C15H17ClN4O2S/c1-9-11(16)5-4-6-12(9)20-8-7-18-15(20)23-10(2)13(21)19-14(22)17-3/h4-8,10H,1-3H3,(H2,17,19,21,22)/t10-/m0/s1.